The summed E-state index contributed by atoms with van der Waals surface area (Å²) in [5.41, 5.74) is 1.83. The minimum atomic E-state index is -0.470. The Morgan fingerprint density at radius 3 is 2.59 bits per heavy atom. The summed E-state index contributed by atoms with van der Waals surface area (Å²) >= 11 is 0. The van der Waals surface area contributed by atoms with Gasteiger partial charge in [0.05, 0.1) is 17.5 Å². The zero-order valence-corrected chi connectivity index (χ0v) is 10.2. The van der Waals surface area contributed by atoms with E-state index in [1.54, 1.807) is 10.9 Å². The third-order valence-electron chi connectivity index (χ3n) is 3.16. The molecule has 1 heterocycles. The third-order valence-corrected chi connectivity index (χ3v) is 3.16. The number of hydrogen-bond acceptors (Lipinski definition) is 2. The van der Waals surface area contributed by atoms with Gasteiger partial charge < -0.3 is 5.11 Å². The van der Waals surface area contributed by atoms with Crippen LogP contribution in [-0.2, 0) is 0 Å². The molecule has 0 radical (unpaired) electrons. The average Bonchev–Trinajstić information content (AvgIpc) is 2.87. The fourth-order valence-corrected chi connectivity index (χ4v) is 1.84. The fraction of sp³-hybridized carbons (Fsp3) is 0.357. The summed E-state index contributed by atoms with van der Waals surface area (Å²) in [6.07, 6.45) is 2.21. The van der Waals surface area contributed by atoms with Crippen molar-refractivity contribution in [3.63, 3.8) is 0 Å². The third kappa shape index (κ3) is 2.39. The summed E-state index contributed by atoms with van der Waals surface area (Å²) in [7, 11) is 0. The molecule has 0 aliphatic heterocycles. The molecule has 1 aromatic carbocycles. The molecule has 0 bridgehead atoms. The summed E-state index contributed by atoms with van der Waals surface area (Å²) in [4.78, 5) is 0. The van der Waals surface area contributed by atoms with Crippen molar-refractivity contribution in [2.24, 2.45) is 5.92 Å². The molecule has 0 spiro atoms. The summed E-state index contributed by atoms with van der Waals surface area (Å²) in [6.45, 7) is 4.13. The van der Waals surface area contributed by atoms with E-state index in [2.05, 4.69) is 12.0 Å². The molecule has 17 heavy (non-hydrogen) atoms. The van der Waals surface area contributed by atoms with Crippen LogP contribution in [0.15, 0.2) is 42.6 Å². The molecule has 0 amide bonds. The molecule has 0 fully saturated rings. The first-order valence-electron chi connectivity index (χ1n) is 6.01. The molecule has 0 saturated heterocycles. The summed E-state index contributed by atoms with van der Waals surface area (Å²) in [5, 5.41) is 14.5. The van der Waals surface area contributed by atoms with Gasteiger partial charge in [0.15, 0.2) is 0 Å². The maximum atomic E-state index is 10.3. The zero-order valence-electron chi connectivity index (χ0n) is 10.2. The van der Waals surface area contributed by atoms with E-state index in [-0.39, 0.29) is 5.92 Å². The average molecular weight is 230 g/mol. The van der Waals surface area contributed by atoms with Crippen LogP contribution < -0.4 is 0 Å². The van der Waals surface area contributed by atoms with Gasteiger partial charge in [0.25, 0.3) is 0 Å². The lowest BCUT2D eigenvalue weighted by molar-refractivity contribution is 0.109. The van der Waals surface area contributed by atoms with E-state index in [1.165, 1.54) is 0 Å². The second-order valence-corrected chi connectivity index (χ2v) is 4.33. The summed E-state index contributed by atoms with van der Waals surface area (Å²) in [5.74, 6) is 0.231. The minimum Gasteiger partial charge on any atom is -0.387 e. The number of aliphatic hydroxyl groups excluding tert-OH is 1. The monoisotopic (exact) mass is 230 g/mol. The highest BCUT2D eigenvalue weighted by Crippen LogP contribution is 2.25. The van der Waals surface area contributed by atoms with Gasteiger partial charge in [-0.1, -0.05) is 38.5 Å². The van der Waals surface area contributed by atoms with Crippen LogP contribution in [0.1, 0.15) is 32.1 Å². The first-order chi connectivity index (χ1) is 8.24. The van der Waals surface area contributed by atoms with E-state index in [0.717, 1.165) is 17.8 Å². The molecule has 2 rings (SSSR count). The molecule has 3 nitrogen and oxygen atoms in total. The number of benzene rings is 1. The number of para-hydroxylation sites is 1. The Hall–Kier alpha value is -1.61. The normalized spacial score (nSPS) is 14.5. The topological polar surface area (TPSA) is 38.1 Å². The number of nitrogens with zero attached hydrogens (tertiary/aromatic N) is 2. The van der Waals surface area contributed by atoms with Gasteiger partial charge in [-0.05, 0) is 24.1 Å². The first-order valence-corrected chi connectivity index (χ1v) is 6.01. The van der Waals surface area contributed by atoms with Gasteiger partial charge in [-0.3, -0.25) is 0 Å². The fourth-order valence-electron chi connectivity index (χ4n) is 1.84. The van der Waals surface area contributed by atoms with Crippen molar-refractivity contribution in [3.05, 3.63) is 48.3 Å². The van der Waals surface area contributed by atoms with Gasteiger partial charge in [-0.25, -0.2) is 4.68 Å². The highest BCUT2D eigenvalue weighted by Gasteiger charge is 2.19. The predicted molar refractivity (Wildman–Crippen MR) is 68.0 cm³/mol. The molecule has 1 N–H and O–H groups in total. The molecule has 2 atom stereocenters. The Morgan fingerprint density at radius 1 is 1.24 bits per heavy atom. The quantitative estimate of drug-likeness (QED) is 0.877. The van der Waals surface area contributed by atoms with E-state index >= 15 is 0 Å². The lowest BCUT2D eigenvalue weighted by atomic mass is 9.99. The van der Waals surface area contributed by atoms with Crippen LogP contribution in [0, 0.1) is 5.92 Å². The van der Waals surface area contributed by atoms with Crippen molar-refractivity contribution < 1.29 is 5.11 Å². The standard InChI is InChI=1S/C14H18N2O/c1-3-11(2)14(17)13-9-10-15-16(13)12-7-5-4-6-8-12/h4-11,14,17H,3H2,1-2H3. The van der Waals surface area contributed by atoms with Crippen LogP contribution in [0.4, 0.5) is 0 Å². The lowest BCUT2D eigenvalue weighted by Gasteiger charge is -2.18. The number of rotatable bonds is 4. The van der Waals surface area contributed by atoms with Crippen molar-refractivity contribution in [2.45, 2.75) is 26.4 Å². The number of aromatic nitrogens is 2. The van der Waals surface area contributed by atoms with Crippen LogP contribution in [0.25, 0.3) is 5.69 Å². The van der Waals surface area contributed by atoms with E-state index in [0.29, 0.717) is 0 Å². The molecule has 0 aliphatic carbocycles. The Morgan fingerprint density at radius 2 is 1.94 bits per heavy atom. The lowest BCUT2D eigenvalue weighted by Crippen LogP contribution is -2.13. The van der Waals surface area contributed by atoms with Crippen molar-refractivity contribution in [1.82, 2.24) is 9.78 Å². The maximum absolute atomic E-state index is 10.3. The Kier molecular flexibility index (Phi) is 3.59. The van der Waals surface area contributed by atoms with E-state index in [9.17, 15) is 5.11 Å². The molecule has 90 valence electrons. The maximum Gasteiger partial charge on any atom is 0.0986 e. The molecular formula is C14H18N2O. The highest BCUT2D eigenvalue weighted by atomic mass is 16.3. The second-order valence-electron chi connectivity index (χ2n) is 4.33. The predicted octanol–water partition coefficient (Wildman–Crippen LogP) is 2.95. The first kappa shape index (κ1) is 11.9. The van der Waals surface area contributed by atoms with Crippen molar-refractivity contribution in [2.75, 3.05) is 0 Å². The molecule has 1 aromatic heterocycles. The SMILES string of the molecule is CCC(C)C(O)c1ccnn1-c1ccccc1. The van der Waals surface area contributed by atoms with E-state index in [4.69, 9.17) is 0 Å². The smallest absolute Gasteiger partial charge is 0.0986 e. The van der Waals surface area contributed by atoms with Gasteiger partial charge in [0, 0.05) is 6.20 Å². The second kappa shape index (κ2) is 5.15. The molecule has 0 saturated carbocycles. The Balaban J connectivity index is 2.35. The number of hydrogen-bond donors (Lipinski definition) is 1. The van der Waals surface area contributed by atoms with E-state index < -0.39 is 6.10 Å². The van der Waals surface area contributed by atoms with Gasteiger partial charge in [-0.2, -0.15) is 5.10 Å². The van der Waals surface area contributed by atoms with Gasteiger partial charge in [-0.15, -0.1) is 0 Å². The van der Waals surface area contributed by atoms with Crippen LogP contribution in [0.3, 0.4) is 0 Å². The Bertz CT molecular complexity index is 464. The molecule has 3 heteroatoms. The van der Waals surface area contributed by atoms with Crippen molar-refractivity contribution >= 4 is 0 Å². The minimum absolute atomic E-state index is 0.231. The van der Waals surface area contributed by atoms with Crippen LogP contribution in [0.2, 0.25) is 0 Å². The molecular weight excluding hydrogens is 212 g/mol. The van der Waals surface area contributed by atoms with Gasteiger partial charge in [0.1, 0.15) is 0 Å². The molecule has 0 aliphatic rings. The molecule has 2 aromatic rings. The largest absolute Gasteiger partial charge is 0.387 e. The van der Waals surface area contributed by atoms with Gasteiger partial charge in [0.2, 0.25) is 0 Å². The van der Waals surface area contributed by atoms with Crippen LogP contribution in [-0.4, -0.2) is 14.9 Å². The van der Waals surface area contributed by atoms with Crippen LogP contribution in [0.5, 0.6) is 0 Å². The highest BCUT2D eigenvalue weighted by molar-refractivity contribution is 5.32. The zero-order chi connectivity index (χ0) is 12.3. The van der Waals surface area contributed by atoms with Gasteiger partial charge >= 0.3 is 0 Å². The number of aliphatic hydroxyl groups is 1. The van der Waals surface area contributed by atoms with Crippen molar-refractivity contribution in [1.29, 1.82) is 0 Å². The van der Waals surface area contributed by atoms with Crippen molar-refractivity contribution in [3.8, 4) is 5.69 Å². The summed E-state index contributed by atoms with van der Waals surface area (Å²) < 4.78 is 1.80. The van der Waals surface area contributed by atoms with Crippen LogP contribution >= 0.6 is 0 Å². The van der Waals surface area contributed by atoms with E-state index in [1.807, 2.05) is 43.3 Å². The molecule has 2 unspecified atom stereocenters. The summed E-state index contributed by atoms with van der Waals surface area (Å²) in [6, 6.07) is 11.8. The Labute approximate surface area is 102 Å².